The second-order valence-corrected chi connectivity index (χ2v) is 7.08. The van der Waals surface area contributed by atoms with Crippen molar-refractivity contribution in [3.63, 3.8) is 0 Å². The number of carbonyl (C=O) groups excluding carboxylic acids is 1. The van der Waals surface area contributed by atoms with Crippen LogP contribution in [0.15, 0.2) is 18.2 Å². The number of carbonyl (C=O) groups is 1. The van der Waals surface area contributed by atoms with Gasteiger partial charge in [-0.15, -0.1) is 0 Å². The van der Waals surface area contributed by atoms with Crippen molar-refractivity contribution in [2.75, 3.05) is 14.2 Å². The van der Waals surface area contributed by atoms with Gasteiger partial charge in [0.05, 0.1) is 12.1 Å². The maximum atomic E-state index is 12.7. The third-order valence-electron chi connectivity index (χ3n) is 5.59. The highest BCUT2D eigenvalue weighted by molar-refractivity contribution is 6.04. The van der Waals surface area contributed by atoms with E-state index in [-0.39, 0.29) is 11.9 Å². The van der Waals surface area contributed by atoms with Crippen LogP contribution in [0.1, 0.15) is 41.7 Å². The third kappa shape index (κ3) is 2.70. The molecule has 1 aromatic carbocycles. The lowest BCUT2D eigenvalue weighted by atomic mass is 9.98. The third-order valence-corrected chi connectivity index (χ3v) is 5.59. The minimum Gasteiger partial charge on any atom is -0.380 e. The topological polar surface area (TPSA) is 70.2 Å². The lowest BCUT2D eigenvalue weighted by molar-refractivity contribution is 0.0879. The number of hydrogen-bond donors (Lipinski definition) is 2. The first kappa shape index (κ1) is 15.6. The fraction of sp³-hybridized carbons (Fsp3) is 0.556. The van der Waals surface area contributed by atoms with Gasteiger partial charge in [0, 0.05) is 30.6 Å². The lowest BCUT2D eigenvalue weighted by Crippen LogP contribution is -2.48. The van der Waals surface area contributed by atoms with E-state index in [1.165, 1.54) is 12.8 Å². The molecule has 2 unspecified atom stereocenters. The number of benzene rings is 1. The smallest absolute Gasteiger partial charge is 0.272 e. The Morgan fingerprint density at radius 1 is 1.38 bits per heavy atom. The molecule has 3 heterocycles. The van der Waals surface area contributed by atoms with Crippen LogP contribution in [-0.2, 0) is 11.3 Å². The van der Waals surface area contributed by atoms with Crippen LogP contribution in [0.5, 0.6) is 0 Å². The Morgan fingerprint density at radius 3 is 2.83 bits per heavy atom. The molecule has 6 heteroatoms. The number of nitrogens with zero attached hydrogens (tertiary/aromatic N) is 2. The van der Waals surface area contributed by atoms with Crippen molar-refractivity contribution < 1.29 is 9.53 Å². The molecular formula is C18H24N4O2. The van der Waals surface area contributed by atoms with Crippen molar-refractivity contribution in [3.05, 3.63) is 29.5 Å². The molecule has 128 valence electrons. The molecule has 2 N–H and O–H groups in total. The van der Waals surface area contributed by atoms with Crippen LogP contribution in [-0.4, -0.2) is 53.3 Å². The monoisotopic (exact) mass is 328 g/mol. The molecule has 24 heavy (non-hydrogen) atoms. The largest absolute Gasteiger partial charge is 0.380 e. The van der Waals surface area contributed by atoms with Crippen molar-refractivity contribution in [3.8, 4) is 0 Å². The van der Waals surface area contributed by atoms with E-state index in [1.807, 2.05) is 18.2 Å². The van der Waals surface area contributed by atoms with Crippen LogP contribution in [0.4, 0.5) is 0 Å². The van der Waals surface area contributed by atoms with Crippen molar-refractivity contribution >= 4 is 16.8 Å². The average Bonchev–Trinajstić information content (AvgIpc) is 3.05. The van der Waals surface area contributed by atoms with Gasteiger partial charge in [-0.25, -0.2) is 0 Å². The molecule has 2 fully saturated rings. The Bertz CT molecular complexity index is 743. The zero-order valence-corrected chi connectivity index (χ0v) is 14.2. The molecule has 4 rings (SSSR count). The zero-order valence-electron chi connectivity index (χ0n) is 14.2. The highest BCUT2D eigenvalue weighted by Crippen LogP contribution is 2.34. The highest BCUT2D eigenvalue weighted by atomic mass is 16.5. The van der Waals surface area contributed by atoms with Gasteiger partial charge in [0.1, 0.15) is 0 Å². The maximum absolute atomic E-state index is 12.7. The van der Waals surface area contributed by atoms with Gasteiger partial charge >= 0.3 is 0 Å². The van der Waals surface area contributed by atoms with Crippen molar-refractivity contribution in [1.29, 1.82) is 0 Å². The summed E-state index contributed by atoms with van der Waals surface area (Å²) in [4.78, 5) is 15.2. The molecule has 0 aliphatic carbocycles. The van der Waals surface area contributed by atoms with Crippen molar-refractivity contribution in [2.24, 2.45) is 0 Å². The lowest BCUT2D eigenvalue weighted by Gasteiger charge is -2.36. The van der Waals surface area contributed by atoms with Crippen LogP contribution < -0.4 is 5.32 Å². The molecule has 6 nitrogen and oxygen atoms in total. The Morgan fingerprint density at radius 2 is 2.12 bits per heavy atom. The summed E-state index contributed by atoms with van der Waals surface area (Å²) in [7, 11) is 3.88. The molecular weight excluding hydrogens is 304 g/mol. The number of hydrogen-bond acceptors (Lipinski definition) is 4. The van der Waals surface area contributed by atoms with Gasteiger partial charge in [-0.1, -0.05) is 6.07 Å². The summed E-state index contributed by atoms with van der Waals surface area (Å²) >= 11 is 0. The van der Waals surface area contributed by atoms with E-state index < -0.39 is 0 Å². The first-order chi connectivity index (χ1) is 11.7. The van der Waals surface area contributed by atoms with E-state index in [0.29, 0.717) is 24.4 Å². The molecule has 2 atom stereocenters. The highest BCUT2D eigenvalue weighted by Gasteiger charge is 2.39. The molecule has 2 aliphatic rings. The van der Waals surface area contributed by atoms with Crippen LogP contribution in [0.25, 0.3) is 10.9 Å². The SMILES string of the molecule is COCc1ccc2[nH]nc(C(=O)NC3CC4CCC(C3)N4C)c2c1. The number of H-pyrrole nitrogens is 1. The van der Waals surface area contributed by atoms with Gasteiger partial charge in [-0.3, -0.25) is 9.89 Å². The first-order valence-electron chi connectivity index (χ1n) is 8.64. The summed E-state index contributed by atoms with van der Waals surface area (Å²) in [5.74, 6) is -0.0789. The summed E-state index contributed by atoms with van der Waals surface area (Å²) in [5, 5.41) is 11.3. The van der Waals surface area contributed by atoms with E-state index in [1.54, 1.807) is 7.11 Å². The minimum absolute atomic E-state index is 0.0789. The summed E-state index contributed by atoms with van der Waals surface area (Å²) in [6.07, 6.45) is 4.57. The standard InChI is InChI=1S/C18H24N4O2/c1-22-13-4-5-14(22)9-12(8-13)19-18(23)17-15-7-11(10-24-2)3-6-16(15)20-21-17/h3,6-7,12-14H,4-5,8-10H2,1-2H3,(H,19,23)(H,20,21). The number of nitrogens with one attached hydrogen (secondary N) is 2. The van der Waals surface area contributed by atoms with Gasteiger partial charge in [0.2, 0.25) is 0 Å². The fourth-order valence-corrected chi connectivity index (χ4v) is 4.27. The second-order valence-electron chi connectivity index (χ2n) is 7.08. The minimum atomic E-state index is -0.0789. The Kier molecular flexibility index (Phi) is 4.02. The number of ether oxygens (including phenoxy) is 1. The molecule has 2 saturated heterocycles. The summed E-state index contributed by atoms with van der Waals surface area (Å²) in [6.45, 7) is 0.528. The number of piperidine rings is 1. The molecule has 0 radical (unpaired) electrons. The molecule has 2 aliphatic heterocycles. The number of rotatable bonds is 4. The molecule has 2 bridgehead atoms. The Labute approximate surface area is 141 Å². The summed E-state index contributed by atoms with van der Waals surface area (Å²) in [6, 6.07) is 7.39. The first-order valence-corrected chi connectivity index (χ1v) is 8.64. The molecule has 1 aromatic heterocycles. The fourth-order valence-electron chi connectivity index (χ4n) is 4.27. The molecule has 2 aromatic rings. The van der Waals surface area contributed by atoms with Crippen molar-refractivity contribution in [2.45, 2.75) is 50.4 Å². The number of methoxy groups -OCH3 is 1. The molecule has 0 spiro atoms. The predicted molar refractivity (Wildman–Crippen MR) is 91.9 cm³/mol. The normalized spacial score (nSPS) is 26.8. The zero-order chi connectivity index (χ0) is 16.7. The Hall–Kier alpha value is -1.92. The van der Waals surface area contributed by atoms with Crippen LogP contribution in [0, 0.1) is 0 Å². The van der Waals surface area contributed by atoms with Crippen LogP contribution in [0.3, 0.4) is 0 Å². The maximum Gasteiger partial charge on any atom is 0.272 e. The quantitative estimate of drug-likeness (QED) is 0.901. The van der Waals surface area contributed by atoms with Gasteiger partial charge in [-0.2, -0.15) is 5.10 Å². The second kappa shape index (κ2) is 6.18. The van der Waals surface area contributed by atoms with Crippen LogP contribution in [0.2, 0.25) is 0 Å². The molecule has 0 saturated carbocycles. The summed E-state index contributed by atoms with van der Waals surface area (Å²) < 4.78 is 5.18. The van der Waals surface area contributed by atoms with E-state index in [4.69, 9.17) is 4.74 Å². The Balaban J connectivity index is 1.52. The van der Waals surface area contributed by atoms with Gasteiger partial charge in [0.15, 0.2) is 5.69 Å². The predicted octanol–water partition coefficient (Wildman–Crippen LogP) is 2.06. The number of aromatic nitrogens is 2. The van der Waals surface area contributed by atoms with Crippen LogP contribution >= 0.6 is 0 Å². The van der Waals surface area contributed by atoms with Gasteiger partial charge < -0.3 is 15.0 Å². The van der Waals surface area contributed by atoms with E-state index in [0.717, 1.165) is 29.3 Å². The van der Waals surface area contributed by atoms with E-state index in [2.05, 4.69) is 27.5 Å². The number of aromatic amines is 1. The van der Waals surface area contributed by atoms with E-state index >= 15 is 0 Å². The number of fused-ring (bicyclic) bond motifs is 3. The summed E-state index contributed by atoms with van der Waals surface area (Å²) in [5.41, 5.74) is 2.40. The van der Waals surface area contributed by atoms with Gasteiger partial charge in [0.25, 0.3) is 5.91 Å². The molecule has 1 amide bonds. The average molecular weight is 328 g/mol. The number of amides is 1. The van der Waals surface area contributed by atoms with Gasteiger partial charge in [-0.05, 0) is 50.4 Å². The van der Waals surface area contributed by atoms with E-state index in [9.17, 15) is 4.79 Å². The van der Waals surface area contributed by atoms with Crippen molar-refractivity contribution in [1.82, 2.24) is 20.4 Å².